The quantitative estimate of drug-likeness (QED) is 0.609. The summed E-state index contributed by atoms with van der Waals surface area (Å²) in [7, 11) is 1.62. The second-order valence-corrected chi connectivity index (χ2v) is 6.89. The van der Waals surface area contributed by atoms with E-state index < -0.39 is 6.10 Å². The lowest BCUT2D eigenvalue weighted by Gasteiger charge is -2.18. The van der Waals surface area contributed by atoms with E-state index >= 15 is 0 Å². The van der Waals surface area contributed by atoms with Gasteiger partial charge in [0.1, 0.15) is 5.75 Å². The molecule has 1 amide bonds. The Balaban J connectivity index is 1.94. The summed E-state index contributed by atoms with van der Waals surface area (Å²) >= 11 is 0. The third kappa shape index (κ3) is 5.91. The van der Waals surface area contributed by atoms with Crippen LogP contribution in [0, 0.1) is 13.8 Å². The van der Waals surface area contributed by atoms with Gasteiger partial charge in [0.2, 0.25) is 0 Å². The van der Waals surface area contributed by atoms with Crippen LogP contribution in [0.2, 0.25) is 0 Å². The van der Waals surface area contributed by atoms with E-state index in [4.69, 9.17) is 14.2 Å². The van der Waals surface area contributed by atoms with Gasteiger partial charge >= 0.3 is 0 Å². The lowest BCUT2D eigenvalue weighted by atomic mass is 10.1. The van der Waals surface area contributed by atoms with Gasteiger partial charge < -0.3 is 19.5 Å². The van der Waals surface area contributed by atoms with Gasteiger partial charge in [-0.15, -0.1) is 0 Å². The number of carbonyl (C=O) groups excluding carboxylic acids is 1. The van der Waals surface area contributed by atoms with Gasteiger partial charge in [-0.05, 0) is 56.0 Å². The number of unbranched alkanes of at least 4 members (excludes halogenated alkanes) is 1. The first-order valence-electron chi connectivity index (χ1n) is 9.76. The molecular weight excluding hydrogens is 354 g/mol. The fraction of sp³-hybridized carbons (Fsp3) is 0.435. The zero-order valence-corrected chi connectivity index (χ0v) is 17.5. The maximum atomic E-state index is 12.4. The lowest BCUT2D eigenvalue weighted by Crippen LogP contribution is -2.36. The Hall–Kier alpha value is -2.69. The summed E-state index contributed by atoms with van der Waals surface area (Å²) in [5, 5.41) is 2.92. The molecule has 1 unspecified atom stereocenters. The number of ether oxygens (including phenoxy) is 3. The van der Waals surface area contributed by atoms with Crippen LogP contribution in [0.4, 0.5) is 0 Å². The highest BCUT2D eigenvalue weighted by atomic mass is 16.5. The minimum atomic E-state index is -0.585. The molecule has 0 aliphatic rings. The molecule has 2 rings (SSSR count). The van der Waals surface area contributed by atoms with Crippen molar-refractivity contribution in [1.82, 2.24) is 5.32 Å². The number of hydrogen-bond donors (Lipinski definition) is 1. The van der Waals surface area contributed by atoms with E-state index in [0.29, 0.717) is 18.9 Å². The van der Waals surface area contributed by atoms with Crippen LogP contribution in [0.3, 0.4) is 0 Å². The maximum Gasteiger partial charge on any atom is 0.261 e. The summed E-state index contributed by atoms with van der Waals surface area (Å²) in [4.78, 5) is 12.4. The Kier molecular flexibility index (Phi) is 8.18. The first-order chi connectivity index (χ1) is 13.5. The van der Waals surface area contributed by atoms with E-state index in [2.05, 4.69) is 12.2 Å². The minimum Gasteiger partial charge on any atom is -0.493 e. The Morgan fingerprint density at radius 2 is 1.82 bits per heavy atom. The van der Waals surface area contributed by atoms with E-state index in [1.165, 1.54) is 0 Å². The number of methoxy groups -OCH3 is 1. The SMILES string of the molecule is CCCCOc1ccc(CNC(=O)C(C)Oc2c(C)cccc2C)cc1OC. The Morgan fingerprint density at radius 1 is 1.11 bits per heavy atom. The third-order valence-electron chi connectivity index (χ3n) is 4.52. The van der Waals surface area contributed by atoms with Crippen LogP contribution in [-0.4, -0.2) is 25.7 Å². The molecule has 5 heteroatoms. The van der Waals surface area contributed by atoms with Gasteiger partial charge in [-0.2, -0.15) is 0 Å². The molecular formula is C23H31NO4. The van der Waals surface area contributed by atoms with Crippen molar-refractivity contribution in [2.24, 2.45) is 0 Å². The van der Waals surface area contributed by atoms with Gasteiger partial charge in [-0.25, -0.2) is 0 Å². The van der Waals surface area contributed by atoms with Crippen LogP contribution >= 0.6 is 0 Å². The highest BCUT2D eigenvalue weighted by Crippen LogP contribution is 2.28. The predicted octanol–water partition coefficient (Wildman–Crippen LogP) is 4.57. The van der Waals surface area contributed by atoms with Crippen molar-refractivity contribution in [3.8, 4) is 17.2 Å². The van der Waals surface area contributed by atoms with Gasteiger partial charge in [0.15, 0.2) is 17.6 Å². The van der Waals surface area contributed by atoms with Gasteiger partial charge in [0.25, 0.3) is 5.91 Å². The largest absolute Gasteiger partial charge is 0.493 e. The van der Waals surface area contributed by atoms with Crippen molar-refractivity contribution in [2.75, 3.05) is 13.7 Å². The number of rotatable bonds is 10. The topological polar surface area (TPSA) is 56.8 Å². The van der Waals surface area contributed by atoms with Gasteiger partial charge in [-0.3, -0.25) is 4.79 Å². The van der Waals surface area contributed by atoms with Crippen molar-refractivity contribution in [3.05, 3.63) is 53.1 Å². The molecule has 0 spiro atoms. The number of amides is 1. The lowest BCUT2D eigenvalue weighted by molar-refractivity contribution is -0.127. The van der Waals surface area contributed by atoms with E-state index in [1.54, 1.807) is 14.0 Å². The molecule has 0 fully saturated rings. The van der Waals surface area contributed by atoms with Crippen molar-refractivity contribution in [3.63, 3.8) is 0 Å². The summed E-state index contributed by atoms with van der Waals surface area (Å²) < 4.78 is 17.0. The normalized spacial score (nSPS) is 11.6. The highest BCUT2D eigenvalue weighted by Gasteiger charge is 2.17. The first-order valence-corrected chi connectivity index (χ1v) is 9.76. The van der Waals surface area contributed by atoms with Crippen molar-refractivity contribution < 1.29 is 19.0 Å². The van der Waals surface area contributed by atoms with Crippen molar-refractivity contribution in [1.29, 1.82) is 0 Å². The van der Waals surface area contributed by atoms with E-state index in [1.807, 2.05) is 50.2 Å². The molecule has 5 nitrogen and oxygen atoms in total. The standard InChI is InChI=1S/C23H31NO4/c1-6-7-13-27-20-12-11-19(14-21(20)26-5)15-24-23(25)18(4)28-22-16(2)9-8-10-17(22)3/h8-12,14,18H,6-7,13,15H2,1-5H3,(H,24,25). The first kappa shape index (κ1) is 21.6. The molecule has 0 aliphatic heterocycles. The third-order valence-corrected chi connectivity index (χ3v) is 4.52. The number of para-hydroxylation sites is 1. The van der Waals surface area contributed by atoms with Crippen LogP contribution in [0.15, 0.2) is 36.4 Å². The number of aryl methyl sites for hydroxylation is 2. The molecule has 0 bridgehead atoms. The second-order valence-electron chi connectivity index (χ2n) is 6.89. The number of nitrogens with one attached hydrogen (secondary N) is 1. The van der Waals surface area contributed by atoms with Gasteiger partial charge in [-0.1, -0.05) is 37.6 Å². The molecule has 0 saturated heterocycles. The van der Waals surface area contributed by atoms with Crippen LogP contribution in [0.25, 0.3) is 0 Å². The minimum absolute atomic E-state index is 0.162. The predicted molar refractivity (Wildman–Crippen MR) is 111 cm³/mol. The van der Waals surface area contributed by atoms with Crippen LogP contribution in [0.5, 0.6) is 17.2 Å². The van der Waals surface area contributed by atoms with Crippen molar-refractivity contribution in [2.45, 2.75) is 53.2 Å². The van der Waals surface area contributed by atoms with Crippen LogP contribution < -0.4 is 19.5 Å². The number of hydrogen-bond acceptors (Lipinski definition) is 4. The molecule has 0 heterocycles. The summed E-state index contributed by atoms with van der Waals surface area (Å²) in [6.07, 6.45) is 1.49. The molecule has 28 heavy (non-hydrogen) atoms. The summed E-state index contributed by atoms with van der Waals surface area (Å²) in [6, 6.07) is 11.6. The smallest absolute Gasteiger partial charge is 0.261 e. The van der Waals surface area contributed by atoms with Crippen LogP contribution in [0.1, 0.15) is 43.4 Å². The molecule has 0 saturated carbocycles. The van der Waals surface area contributed by atoms with E-state index in [-0.39, 0.29) is 5.91 Å². The van der Waals surface area contributed by atoms with Crippen LogP contribution in [-0.2, 0) is 11.3 Å². The molecule has 0 radical (unpaired) electrons. The molecule has 2 aromatic carbocycles. The van der Waals surface area contributed by atoms with Crippen molar-refractivity contribution >= 4 is 5.91 Å². The molecule has 0 aliphatic carbocycles. The highest BCUT2D eigenvalue weighted by molar-refractivity contribution is 5.80. The number of benzene rings is 2. The number of carbonyl (C=O) groups is 1. The zero-order chi connectivity index (χ0) is 20.5. The van der Waals surface area contributed by atoms with Gasteiger partial charge in [0, 0.05) is 6.54 Å². The molecule has 0 aromatic heterocycles. The fourth-order valence-corrected chi connectivity index (χ4v) is 2.82. The Labute approximate surface area is 168 Å². The second kappa shape index (κ2) is 10.6. The fourth-order valence-electron chi connectivity index (χ4n) is 2.82. The zero-order valence-electron chi connectivity index (χ0n) is 17.5. The average Bonchev–Trinajstić information content (AvgIpc) is 2.69. The Morgan fingerprint density at radius 3 is 2.46 bits per heavy atom. The molecule has 1 N–H and O–H groups in total. The Bertz CT molecular complexity index is 768. The van der Waals surface area contributed by atoms with Gasteiger partial charge in [0.05, 0.1) is 13.7 Å². The molecule has 2 aromatic rings. The van der Waals surface area contributed by atoms with E-state index in [0.717, 1.165) is 41.0 Å². The molecule has 1 atom stereocenters. The summed E-state index contributed by atoms with van der Waals surface area (Å²) in [5.74, 6) is 1.99. The van der Waals surface area contributed by atoms with E-state index in [9.17, 15) is 4.79 Å². The average molecular weight is 386 g/mol. The summed E-state index contributed by atoms with van der Waals surface area (Å²) in [5.41, 5.74) is 2.97. The molecule has 152 valence electrons. The maximum absolute atomic E-state index is 12.4. The monoisotopic (exact) mass is 385 g/mol. The summed E-state index contributed by atoms with van der Waals surface area (Å²) in [6.45, 7) is 8.89.